The van der Waals surface area contributed by atoms with E-state index in [2.05, 4.69) is 10.6 Å². The SMILES string of the molecule is CC(=O)N[C@@H]1[C@@H](O)[C@H](O[C@@H]2O[C@H](CO)[C@@H](O[C@@H]3O[C@H](CO[C@H]4O[C@H](CO[C@H]5O[C@H](CO)[C@@H](O)[C@H](O[C@H]6O[C@H](CO)[C@@H](O)[C@H](O)[C@@H]6O)[C@@H]5O)[C@@H](O)[C@H](O[C@H]5O[C@H](CO)[C@@H](O)[C@H](O)[C@@H]5O)[C@@H]4O)[C@@H](O)[C@H](O[C@H]4O[C@H](CO)[C@@H](O)[C@H](O)[C@@H]4O[C@H]4O[C@H](CO)[C@@H](O)[C@H](O)[C@@H]4O)[C@@H]3O)[C@H](O)[C@H]2NC(C)=O)[C@@H](CO)O[C@H]1O. The monoisotopic (exact) mass is 1560 g/mol. The summed E-state index contributed by atoms with van der Waals surface area (Å²) in [4.78, 5) is 25.0. The molecule has 9 heterocycles. The molecule has 0 aromatic rings. The van der Waals surface area contributed by atoms with Crippen LogP contribution in [0.4, 0.5) is 0 Å². The van der Waals surface area contributed by atoms with Crippen molar-refractivity contribution in [3.8, 4) is 0 Å². The Morgan fingerprint density at radius 2 is 0.509 bits per heavy atom. The molecule has 616 valence electrons. The molecule has 29 N–H and O–H groups in total. The summed E-state index contributed by atoms with van der Waals surface area (Å²) in [5.74, 6) is -1.72. The van der Waals surface area contributed by atoms with Gasteiger partial charge in [-0.2, -0.15) is 0 Å². The molecular weight excluding hydrogens is 1460 g/mol. The van der Waals surface area contributed by atoms with Crippen molar-refractivity contribution in [1.82, 2.24) is 10.6 Å². The molecule has 45 atom stereocenters. The van der Waals surface area contributed by atoms with Crippen LogP contribution in [0.15, 0.2) is 0 Å². The third-order valence-corrected chi connectivity index (χ3v) is 19.5. The molecule has 9 fully saturated rings. The van der Waals surface area contributed by atoms with Crippen LogP contribution >= 0.6 is 0 Å². The predicted octanol–water partition coefficient (Wildman–Crippen LogP) is -20.3. The van der Waals surface area contributed by atoms with Crippen LogP contribution in [0.2, 0.25) is 0 Å². The molecule has 2 amide bonds. The molecular formula is C58H98N2O46. The highest BCUT2D eigenvalue weighted by molar-refractivity contribution is 5.73. The van der Waals surface area contributed by atoms with Gasteiger partial charge in [-0.25, -0.2) is 0 Å². The Morgan fingerprint density at radius 1 is 0.245 bits per heavy atom. The smallest absolute Gasteiger partial charge is 0.217 e. The predicted molar refractivity (Wildman–Crippen MR) is 320 cm³/mol. The second kappa shape index (κ2) is 37.9. The average Bonchev–Trinajstić information content (AvgIpc) is 0.773. The lowest BCUT2D eigenvalue weighted by atomic mass is 9.94. The molecule has 9 aliphatic heterocycles. The van der Waals surface area contributed by atoms with Crippen LogP contribution in [0, 0.1) is 0 Å². The molecule has 48 heteroatoms. The van der Waals surface area contributed by atoms with E-state index < -0.39 is 348 Å². The first-order chi connectivity index (χ1) is 50.2. The van der Waals surface area contributed by atoms with Gasteiger partial charge in [0, 0.05) is 13.8 Å². The summed E-state index contributed by atoms with van der Waals surface area (Å²) in [6.45, 7) is -7.71. The van der Waals surface area contributed by atoms with Crippen molar-refractivity contribution in [2.75, 3.05) is 59.5 Å². The third-order valence-electron chi connectivity index (χ3n) is 19.5. The van der Waals surface area contributed by atoms with Gasteiger partial charge in [-0.3, -0.25) is 9.59 Å². The Hall–Kier alpha value is -2.82. The second-order valence-electron chi connectivity index (χ2n) is 26.7. The summed E-state index contributed by atoms with van der Waals surface area (Å²) in [6, 6.07) is -3.55. The maximum atomic E-state index is 12.9. The van der Waals surface area contributed by atoms with E-state index in [-0.39, 0.29) is 0 Å². The van der Waals surface area contributed by atoms with Crippen LogP contribution in [0.3, 0.4) is 0 Å². The number of aliphatic hydroxyl groups excluding tert-OH is 27. The highest BCUT2D eigenvalue weighted by Gasteiger charge is 2.60. The molecule has 0 saturated carbocycles. The molecule has 0 aliphatic carbocycles. The Balaban J connectivity index is 1.03. The normalized spacial score (nSPS) is 51.2. The summed E-state index contributed by atoms with van der Waals surface area (Å²) in [6.07, 6.45) is -89.9. The molecule has 9 saturated heterocycles. The van der Waals surface area contributed by atoms with Crippen LogP contribution < -0.4 is 10.6 Å². The van der Waals surface area contributed by atoms with Crippen LogP contribution in [0.25, 0.3) is 0 Å². The molecule has 0 aromatic heterocycles. The Labute approximate surface area is 598 Å². The van der Waals surface area contributed by atoms with E-state index in [0.29, 0.717) is 0 Å². The summed E-state index contributed by atoms with van der Waals surface area (Å²) in [7, 11) is 0. The highest BCUT2D eigenvalue weighted by Crippen LogP contribution is 2.39. The number of amides is 2. The van der Waals surface area contributed by atoms with Crippen molar-refractivity contribution in [3.05, 3.63) is 0 Å². The fourth-order valence-corrected chi connectivity index (χ4v) is 13.5. The van der Waals surface area contributed by atoms with Crippen LogP contribution in [0.5, 0.6) is 0 Å². The van der Waals surface area contributed by atoms with Crippen molar-refractivity contribution < 1.29 is 228 Å². The van der Waals surface area contributed by atoms with Crippen molar-refractivity contribution in [3.63, 3.8) is 0 Å². The molecule has 48 nitrogen and oxygen atoms in total. The summed E-state index contributed by atoms with van der Waals surface area (Å²) in [5, 5.41) is 301. The van der Waals surface area contributed by atoms with Gasteiger partial charge >= 0.3 is 0 Å². The first-order valence-corrected chi connectivity index (χ1v) is 33.7. The largest absolute Gasteiger partial charge is 0.394 e. The molecule has 0 spiro atoms. The van der Waals surface area contributed by atoms with Gasteiger partial charge in [-0.15, -0.1) is 0 Å². The number of hydrogen-bond acceptors (Lipinski definition) is 46. The fraction of sp³-hybridized carbons (Fsp3) is 0.966. The lowest BCUT2D eigenvalue weighted by molar-refractivity contribution is -0.399. The molecule has 9 rings (SSSR count). The number of nitrogens with one attached hydrogen (secondary N) is 2. The van der Waals surface area contributed by atoms with Gasteiger partial charge in [-0.1, -0.05) is 0 Å². The van der Waals surface area contributed by atoms with E-state index >= 15 is 0 Å². The van der Waals surface area contributed by atoms with Crippen molar-refractivity contribution in [2.45, 2.75) is 290 Å². The van der Waals surface area contributed by atoms with E-state index in [9.17, 15) is 147 Å². The number of carbonyl (C=O) groups excluding carboxylic acids is 2. The molecule has 0 unspecified atom stereocenters. The van der Waals surface area contributed by atoms with Crippen LogP contribution in [0.1, 0.15) is 13.8 Å². The third kappa shape index (κ3) is 18.7. The maximum Gasteiger partial charge on any atom is 0.217 e. The summed E-state index contributed by atoms with van der Waals surface area (Å²) >= 11 is 0. The van der Waals surface area contributed by atoms with Crippen LogP contribution in [-0.4, -0.2) is 485 Å². The Bertz CT molecular complexity index is 2710. The second-order valence-corrected chi connectivity index (χ2v) is 26.7. The van der Waals surface area contributed by atoms with Crippen molar-refractivity contribution >= 4 is 11.8 Å². The zero-order valence-corrected chi connectivity index (χ0v) is 56.2. The standard InChI is InChI=1S/C58H98N2O46/c1-12(68)59-23-32(77)44(19(8-66)92-50(23)89)101-51-24(60-13(2)69)33(78)45(20(9-67)98-51)102-57-43(88)48(105-58-49(37(82)28(73)17(6-64)97-58)106-56-40(85)36(81)27(72)16(5-63)96-56)31(76)22(100-57)11-91-53-42(87)47(104-55-39(84)35(80)26(71)15(4-62)95-55)30(75)21(99-53)10-90-52-41(86)46(29(74)18(7-65)93-52)103-54-38(83)34(79)25(70)14(3-61)94-54/h14-58,61-67,70-89H,3-11H2,1-2H3,(H,59,68)(H,60,69)/t14-,15-,16-,17-,18-,19-,20-,21-,22-,23-,24-,25-,26-,27-,28-,29-,30-,31-,32-,33-,34+,35+,36+,37+,38+,39+,40+,41+,42+,43+,44-,45-,46+,47+,48+,49+,50-,51+,52+,53+,54-,55-,56-,57+,58-/m1/s1. The van der Waals surface area contributed by atoms with E-state index in [1.807, 2.05) is 0 Å². The van der Waals surface area contributed by atoms with E-state index in [0.717, 1.165) is 13.8 Å². The van der Waals surface area contributed by atoms with E-state index in [1.54, 1.807) is 0 Å². The van der Waals surface area contributed by atoms with Gasteiger partial charge in [0.25, 0.3) is 0 Å². The van der Waals surface area contributed by atoms with E-state index in [4.69, 9.17) is 80.5 Å². The molecule has 106 heavy (non-hydrogen) atoms. The first kappa shape index (κ1) is 87.2. The minimum Gasteiger partial charge on any atom is -0.394 e. The molecule has 0 aromatic carbocycles. The maximum absolute atomic E-state index is 12.9. The molecule has 0 radical (unpaired) electrons. The Kier molecular flexibility index (Phi) is 31.1. The van der Waals surface area contributed by atoms with Gasteiger partial charge in [0.05, 0.1) is 59.5 Å². The topological polar surface area (TPSA) is 761 Å². The fourth-order valence-electron chi connectivity index (χ4n) is 13.5. The zero-order chi connectivity index (χ0) is 77.9. The van der Waals surface area contributed by atoms with Crippen molar-refractivity contribution in [2.24, 2.45) is 0 Å². The summed E-state index contributed by atoms with van der Waals surface area (Å²) < 4.78 is 98.4. The van der Waals surface area contributed by atoms with Gasteiger partial charge in [0.1, 0.15) is 220 Å². The number of hydrogen-bond donors (Lipinski definition) is 29. The van der Waals surface area contributed by atoms with E-state index in [1.165, 1.54) is 0 Å². The first-order valence-electron chi connectivity index (χ1n) is 33.7. The lowest BCUT2D eigenvalue weighted by Crippen LogP contribution is -2.70. The number of aliphatic hydroxyl groups is 27. The van der Waals surface area contributed by atoms with Gasteiger partial charge in [0.15, 0.2) is 56.6 Å². The zero-order valence-electron chi connectivity index (χ0n) is 56.2. The summed E-state index contributed by atoms with van der Waals surface area (Å²) in [5.41, 5.74) is 0. The highest BCUT2D eigenvalue weighted by atomic mass is 16.8. The average molecular weight is 1560 g/mol. The molecule has 9 aliphatic rings. The van der Waals surface area contributed by atoms with Crippen LogP contribution in [-0.2, 0) is 90.1 Å². The number of rotatable bonds is 27. The number of carbonyl (C=O) groups is 2. The lowest BCUT2D eigenvalue weighted by Gasteiger charge is -2.50. The number of ether oxygens (including phenoxy) is 17. The quantitative estimate of drug-likeness (QED) is 0.0363. The van der Waals surface area contributed by atoms with Crippen molar-refractivity contribution in [1.29, 1.82) is 0 Å². The molecule has 0 bridgehead atoms. The minimum absolute atomic E-state index is 0.782. The van der Waals surface area contributed by atoms with Gasteiger partial charge < -0.3 is 229 Å². The van der Waals surface area contributed by atoms with Gasteiger partial charge in [0.2, 0.25) is 11.8 Å². The Morgan fingerprint density at radius 3 is 0.915 bits per heavy atom. The minimum atomic E-state index is -2.54. The van der Waals surface area contributed by atoms with Gasteiger partial charge in [-0.05, 0) is 0 Å².